The van der Waals surface area contributed by atoms with Gasteiger partial charge in [0.1, 0.15) is 0 Å². The van der Waals surface area contributed by atoms with Crippen LogP contribution in [0.3, 0.4) is 0 Å². The SMILES string of the molecule is CC([NH])c1ccccc1Cl. The largest absolute Gasteiger partial charge is 0.250 e. The summed E-state index contributed by atoms with van der Waals surface area (Å²) in [6.45, 7) is 1.81. The fourth-order valence-electron chi connectivity index (χ4n) is 0.826. The Kier molecular flexibility index (Phi) is 2.30. The topological polar surface area (TPSA) is 23.8 Å². The summed E-state index contributed by atoms with van der Waals surface area (Å²) in [5.41, 5.74) is 8.27. The van der Waals surface area contributed by atoms with Gasteiger partial charge in [0.2, 0.25) is 0 Å². The monoisotopic (exact) mass is 154 g/mol. The quantitative estimate of drug-likeness (QED) is 0.594. The molecular formula is C8H9ClN. The van der Waals surface area contributed by atoms with E-state index < -0.39 is 0 Å². The molecule has 0 saturated carbocycles. The Hall–Kier alpha value is -0.530. The van der Waals surface area contributed by atoms with E-state index in [0.29, 0.717) is 5.02 Å². The molecule has 0 amide bonds. The molecule has 0 spiro atoms. The van der Waals surface area contributed by atoms with Gasteiger partial charge < -0.3 is 0 Å². The van der Waals surface area contributed by atoms with Crippen LogP contribution in [0, 0.1) is 0 Å². The van der Waals surface area contributed by atoms with Crippen molar-refractivity contribution >= 4 is 11.6 Å². The average molecular weight is 155 g/mol. The minimum absolute atomic E-state index is 0.228. The van der Waals surface area contributed by atoms with Crippen LogP contribution in [-0.2, 0) is 0 Å². The predicted octanol–water partition coefficient (Wildman–Crippen LogP) is 2.68. The average Bonchev–Trinajstić information content (AvgIpc) is 1.88. The van der Waals surface area contributed by atoms with Crippen molar-refractivity contribution in [2.75, 3.05) is 0 Å². The van der Waals surface area contributed by atoms with Crippen molar-refractivity contribution in [2.24, 2.45) is 0 Å². The Morgan fingerprint density at radius 3 is 2.40 bits per heavy atom. The molecule has 1 radical (unpaired) electrons. The van der Waals surface area contributed by atoms with Gasteiger partial charge in [0, 0.05) is 11.1 Å². The number of hydrogen-bond donors (Lipinski definition) is 0. The molecule has 0 bridgehead atoms. The first kappa shape index (κ1) is 7.58. The lowest BCUT2D eigenvalue weighted by atomic mass is 10.1. The summed E-state index contributed by atoms with van der Waals surface area (Å²) >= 11 is 5.80. The predicted molar refractivity (Wildman–Crippen MR) is 43.0 cm³/mol. The van der Waals surface area contributed by atoms with E-state index >= 15 is 0 Å². The van der Waals surface area contributed by atoms with Gasteiger partial charge in [-0.3, -0.25) is 0 Å². The van der Waals surface area contributed by atoms with E-state index in [0.717, 1.165) is 5.56 Å². The Labute approximate surface area is 65.8 Å². The molecule has 0 aliphatic rings. The van der Waals surface area contributed by atoms with Crippen molar-refractivity contribution in [1.82, 2.24) is 5.73 Å². The molecule has 53 valence electrons. The standard InChI is InChI=1S/C8H9ClN/c1-6(10)7-4-2-3-5-8(7)9/h2-6,10H,1H3. The van der Waals surface area contributed by atoms with Crippen LogP contribution in [0.2, 0.25) is 5.02 Å². The highest BCUT2D eigenvalue weighted by molar-refractivity contribution is 6.31. The van der Waals surface area contributed by atoms with Crippen LogP contribution in [-0.4, -0.2) is 0 Å². The highest BCUT2D eigenvalue weighted by Gasteiger charge is 2.02. The highest BCUT2D eigenvalue weighted by Crippen LogP contribution is 2.20. The summed E-state index contributed by atoms with van der Waals surface area (Å²) in [5, 5.41) is 0.685. The van der Waals surface area contributed by atoms with Gasteiger partial charge in [-0.1, -0.05) is 29.8 Å². The third-order valence-electron chi connectivity index (χ3n) is 1.37. The van der Waals surface area contributed by atoms with Crippen LogP contribution >= 0.6 is 11.6 Å². The summed E-state index contributed by atoms with van der Waals surface area (Å²) in [7, 11) is 0. The number of rotatable bonds is 1. The maximum atomic E-state index is 7.38. The maximum Gasteiger partial charge on any atom is 0.0454 e. The van der Waals surface area contributed by atoms with Crippen molar-refractivity contribution in [3.63, 3.8) is 0 Å². The molecule has 1 rings (SSSR count). The normalized spacial score (nSPS) is 13.1. The number of nitrogens with one attached hydrogen (secondary N) is 1. The second-order valence-corrected chi connectivity index (χ2v) is 2.65. The lowest BCUT2D eigenvalue weighted by Crippen LogP contribution is -1.92. The van der Waals surface area contributed by atoms with Crippen LogP contribution in [0.25, 0.3) is 0 Å². The van der Waals surface area contributed by atoms with Crippen molar-refractivity contribution in [2.45, 2.75) is 13.0 Å². The van der Waals surface area contributed by atoms with Crippen LogP contribution < -0.4 is 5.73 Å². The van der Waals surface area contributed by atoms with E-state index in [1.807, 2.05) is 24.3 Å². The van der Waals surface area contributed by atoms with Gasteiger partial charge >= 0.3 is 0 Å². The Bertz CT molecular complexity index is 220. The summed E-state index contributed by atoms with van der Waals surface area (Å²) in [6, 6.07) is 7.22. The molecule has 10 heavy (non-hydrogen) atoms. The van der Waals surface area contributed by atoms with E-state index in [1.54, 1.807) is 6.92 Å². The zero-order valence-electron chi connectivity index (χ0n) is 5.76. The molecule has 1 N–H and O–H groups in total. The van der Waals surface area contributed by atoms with Gasteiger partial charge in [-0.2, -0.15) is 0 Å². The van der Waals surface area contributed by atoms with Gasteiger partial charge in [0.25, 0.3) is 0 Å². The summed E-state index contributed by atoms with van der Waals surface area (Å²) < 4.78 is 0. The van der Waals surface area contributed by atoms with Crippen molar-refractivity contribution < 1.29 is 0 Å². The minimum Gasteiger partial charge on any atom is -0.250 e. The first-order chi connectivity index (χ1) is 4.72. The molecule has 1 aromatic rings. The molecule has 1 atom stereocenters. The highest BCUT2D eigenvalue weighted by atomic mass is 35.5. The zero-order chi connectivity index (χ0) is 7.56. The number of hydrogen-bond acceptors (Lipinski definition) is 0. The molecule has 0 fully saturated rings. The van der Waals surface area contributed by atoms with Crippen LogP contribution in [0.15, 0.2) is 24.3 Å². The van der Waals surface area contributed by atoms with Gasteiger partial charge in [-0.25, -0.2) is 5.73 Å². The van der Waals surface area contributed by atoms with Gasteiger partial charge in [-0.05, 0) is 18.6 Å². The molecule has 0 saturated heterocycles. The van der Waals surface area contributed by atoms with Crippen LogP contribution in [0.5, 0.6) is 0 Å². The third-order valence-corrected chi connectivity index (χ3v) is 1.72. The molecular weight excluding hydrogens is 146 g/mol. The summed E-state index contributed by atoms with van der Waals surface area (Å²) in [5.74, 6) is 0. The Morgan fingerprint density at radius 2 is 2.00 bits per heavy atom. The van der Waals surface area contributed by atoms with Gasteiger partial charge in [-0.15, -0.1) is 0 Å². The smallest absolute Gasteiger partial charge is 0.0454 e. The Morgan fingerprint density at radius 1 is 1.40 bits per heavy atom. The second kappa shape index (κ2) is 3.04. The molecule has 1 aromatic carbocycles. The van der Waals surface area contributed by atoms with E-state index in [4.69, 9.17) is 17.3 Å². The molecule has 2 heteroatoms. The van der Waals surface area contributed by atoms with Gasteiger partial charge in [0.15, 0.2) is 0 Å². The molecule has 0 heterocycles. The molecule has 0 aliphatic carbocycles. The fourth-order valence-corrected chi connectivity index (χ4v) is 1.13. The van der Waals surface area contributed by atoms with Crippen molar-refractivity contribution in [1.29, 1.82) is 0 Å². The second-order valence-electron chi connectivity index (χ2n) is 2.24. The van der Waals surface area contributed by atoms with Crippen molar-refractivity contribution in [3.05, 3.63) is 34.9 Å². The lowest BCUT2D eigenvalue weighted by Gasteiger charge is -2.04. The van der Waals surface area contributed by atoms with Crippen LogP contribution in [0.1, 0.15) is 18.5 Å². The van der Waals surface area contributed by atoms with Crippen LogP contribution in [0.4, 0.5) is 0 Å². The first-order valence-corrected chi connectivity index (χ1v) is 3.55. The molecule has 1 nitrogen and oxygen atoms in total. The first-order valence-electron chi connectivity index (χ1n) is 3.17. The molecule has 0 aliphatic heterocycles. The molecule has 1 unspecified atom stereocenters. The van der Waals surface area contributed by atoms with E-state index in [2.05, 4.69) is 0 Å². The minimum atomic E-state index is -0.228. The third kappa shape index (κ3) is 1.49. The van der Waals surface area contributed by atoms with E-state index in [1.165, 1.54) is 0 Å². The summed E-state index contributed by atoms with van der Waals surface area (Å²) in [4.78, 5) is 0. The maximum absolute atomic E-state index is 7.38. The van der Waals surface area contributed by atoms with E-state index in [9.17, 15) is 0 Å². The molecule has 0 aromatic heterocycles. The lowest BCUT2D eigenvalue weighted by molar-refractivity contribution is 0.788. The number of benzene rings is 1. The number of halogens is 1. The Balaban J connectivity index is 3.03. The zero-order valence-corrected chi connectivity index (χ0v) is 6.52. The van der Waals surface area contributed by atoms with E-state index in [-0.39, 0.29) is 6.04 Å². The van der Waals surface area contributed by atoms with Crippen molar-refractivity contribution in [3.8, 4) is 0 Å². The van der Waals surface area contributed by atoms with Gasteiger partial charge in [0.05, 0.1) is 0 Å². The summed E-state index contributed by atoms with van der Waals surface area (Å²) in [6.07, 6.45) is 0. The fraction of sp³-hybridized carbons (Fsp3) is 0.250.